The molecule has 1 saturated heterocycles. The van der Waals surface area contributed by atoms with Gasteiger partial charge < -0.3 is 10.1 Å². The second-order valence-electron chi connectivity index (χ2n) is 6.77. The monoisotopic (exact) mass is 440 g/mol. The Morgan fingerprint density at radius 2 is 1.61 bits per heavy atom. The summed E-state index contributed by atoms with van der Waals surface area (Å²) in [5.41, 5.74) is 1.39. The number of hydrogen-bond donors (Lipinski definition) is 1. The predicted molar refractivity (Wildman–Crippen MR) is 115 cm³/mol. The maximum absolute atomic E-state index is 12.4. The van der Waals surface area contributed by atoms with Crippen LogP contribution in [0, 0.1) is 0 Å². The zero-order chi connectivity index (χ0) is 22.5. The second kappa shape index (κ2) is 9.57. The van der Waals surface area contributed by atoms with Crippen molar-refractivity contribution in [2.45, 2.75) is 24.7 Å². The van der Waals surface area contributed by atoms with Crippen LogP contribution in [0.4, 0.5) is 11.4 Å². The molecule has 1 aliphatic rings. The van der Waals surface area contributed by atoms with Crippen molar-refractivity contribution in [3.8, 4) is 0 Å². The molecule has 3 rings (SSSR count). The van der Waals surface area contributed by atoms with E-state index in [1.807, 2.05) is 6.26 Å². The molecule has 1 heterocycles. The van der Waals surface area contributed by atoms with E-state index >= 15 is 0 Å². The molecule has 2 aromatic rings. The molecule has 1 fully saturated rings. The van der Waals surface area contributed by atoms with Crippen molar-refractivity contribution in [1.82, 2.24) is 0 Å². The van der Waals surface area contributed by atoms with Crippen LogP contribution in [0.3, 0.4) is 0 Å². The molecule has 1 aliphatic heterocycles. The van der Waals surface area contributed by atoms with Crippen LogP contribution in [0.1, 0.15) is 40.5 Å². The summed E-state index contributed by atoms with van der Waals surface area (Å²) >= 11 is 1.43. The Bertz CT molecular complexity index is 1050. The lowest BCUT2D eigenvalue weighted by Gasteiger charge is -2.14. The smallest absolute Gasteiger partial charge is 0.338 e. The van der Waals surface area contributed by atoms with Crippen LogP contribution in [-0.2, 0) is 19.1 Å². The molecule has 3 amide bonds. The van der Waals surface area contributed by atoms with Crippen molar-refractivity contribution in [1.29, 1.82) is 0 Å². The number of carbonyl (C=O) groups excluding carboxylic acids is 5. The molecule has 0 atom stereocenters. The molecule has 8 nitrogen and oxygen atoms in total. The number of amides is 3. The molecule has 9 heteroatoms. The first kappa shape index (κ1) is 22.2. The Kier molecular flexibility index (Phi) is 6.86. The van der Waals surface area contributed by atoms with Gasteiger partial charge in [-0.05, 0) is 42.7 Å². The molecule has 0 aromatic heterocycles. The molecule has 31 heavy (non-hydrogen) atoms. The summed E-state index contributed by atoms with van der Waals surface area (Å²) in [6.07, 6.45) is 2.20. The first-order valence-electron chi connectivity index (χ1n) is 9.42. The first-order chi connectivity index (χ1) is 14.8. The van der Waals surface area contributed by atoms with Crippen molar-refractivity contribution in [2.24, 2.45) is 0 Å². The highest BCUT2D eigenvalue weighted by Gasteiger charge is 2.30. The van der Waals surface area contributed by atoms with Gasteiger partial charge in [0.05, 0.1) is 16.9 Å². The second-order valence-corrected chi connectivity index (χ2v) is 7.61. The number of benzene rings is 2. The van der Waals surface area contributed by atoms with E-state index in [2.05, 4.69) is 5.32 Å². The molecule has 0 unspecified atom stereocenters. The van der Waals surface area contributed by atoms with Crippen LogP contribution in [0.5, 0.6) is 0 Å². The van der Waals surface area contributed by atoms with E-state index in [-0.39, 0.29) is 36.1 Å². The lowest BCUT2D eigenvalue weighted by atomic mass is 10.1. The van der Waals surface area contributed by atoms with Gasteiger partial charge in [-0.25, -0.2) is 4.79 Å². The first-order valence-corrected chi connectivity index (χ1v) is 10.6. The van der Waals surface area contributed by atoms with Crippen LogP contribution in [-0.4, -0.2) is 42.3 Å². The molecule has 0 spiro atoms. The number of ketones is 1. The number of imide groups is 1. The molecular weight excluding hydrogens is 420 g/mol. The van der Waals surface area contributed by atoms with Crippen molar-refractivity contribution in [2.75, 3.05) is 23.1 Å². The highest BCUT2D eigenvalue weighted by atomic mass is 32.2. The predicted octanol–water partition coefficient (Wildman–Crippen LogP) is 3.06. The van der Waals surface area contributed by atoms with E-state index in [4.69, 9.17) is 4.74 Å². The van der Waals surface area contributed by atoms with Gasteiger partial charge in [-0.3, -0.25) is 24.1 Å². The van der Waals surface area contributed by atoms with Gasteiger partial charge >= 0.3 is 5.97 Å². The average Bonchev–Trinajstić information content (AvgIpc) is 3.09. The maximum Gasteiger partial charge on any atom is 0.338 e. The largest absolute Gasteiger partial charge is 0.454 e. The van der Waals surface area contributed by atoms with Crippen LogP contribution < -0.4 is 10.2 Å². The van der Waals surface area contributed by atoms with Crippen LogP contribution in [0.15, 0.2) is 47.4 Å². The summed E-state index contributed by atoms with van der Waals surface area (Å²) in [7, 11) is 0. The summed E-state index contributed by atoms with van der Waals surface area (Å²) in [4.78, 5) is 61.5. The van der Waals surface area contributed by atoms with Gasteiger partial charge in [-0.15, -0.1) is 11.8 Å². The number of hydrogen-bond acceptors (Lipinski definition) is 7. The van der Waals surface area contributed by atoms with Crippen molar-refractivity contribution >= 4 is 52.6 Å². The van der Waals surface area contributed by atoms with E-state index in [0.29, 0.717) is 16.9 Å². The lowest BCUT2D eigenvalue weighted by Crippen LogP contribution is -2.28. The lowest BCUT2D eigenvalue weighted by molar-refractivity contribution is -0.121. The maximum atomic E-state index is 12.4. The van der Waals surface area contributed by atoms with Crippen molar-refractivity contribution < 1.29 is 28.7 Å². The zero-order valence-electron chi connectivity index (χ0n) is 17.0. The fourth-order valence-corrected chi connectivity index (χ4v) is 3.61. The van der Waals surface area contributed by atoms with E-state index in [9.17, 15) is 24.0 Å². The Balaban J connectivity index is 1.64. The number of nitrogens with zero attached hydrogens (tertiary/aromatic N) is 1. The van der Waals surface area contributed by atoms with E-state index in [1.54, 1.807) is 18.2 Å². The van der Waals surface area contributed by atoms with Gasteiger partial charge in [0.15, 0.2) is 12.4 Å². The van der Waals surface area contributed by atoms with Gasteiger partial charge in [0.1, 0.15) is 0 Å². The summed E-state index contributed by atoms with van der Waals surface area (Å²) in [6, 6.07) is 10.7. The Morgan fingerprint density at radius 3 is 2.19 bits per heavy atom. The summed E-state index contributed by atoms with van der Waals surface area (Å²) in [6.45, 7) is 0.906. The third kappa shape index (κ3) is 5.18. The summed E-state index contributed by atoms with van der Waals surface area (Å²) in [5.74, 6) is -1.94. The fourth-order valence-electron chi connectivity index (χ4n) is 3.08. The number of rotatable bonds is 7. The van der Waals surface area contributed by atoms with Gasteiger partial charge in [0, 0.05) is 30.2 Å². The third-order valence-corrected chi connectivity index (χ3v) is 5.38. The number of nitrogens with one attached hydrogen (secondary N) is 1. The number of esters is 1. The topological polar surface area (TPSA) is 110 Å². The van der Waals surface area contributed by atoms with E-state index < -0.39 is 18.4 Å². The van der Waals surface area contributed by atoms with E-state index in [1.165, 1.54) is 43.0 Å². The minimum absolute atomic E-state index is 0.173. The third-order valence-electron chi connectivity index (χ3n) is 4.58. The minimum atomic E-state index is -0.707. The standard InChI is InChI=1S/C22H20N2O6S/c1-13(25)23-17-11-15(5-8-19(17)31-2)18(26)12-30-22(29)14-3-6-16(7-4-14)24-20(27)9-10-21(24)28/h3-8,11H,9-10,12H2,1-2H3,(H,23,25). The van der Waals surface area contributed by atoms with Crippen molar-refractivity contribution in [3.63, 3.8) is 0 Å². The number of anilines is 2. The van der Waals surface area contributed by atoms with Crippen LogP contribution in [0.2, 0.25) is 0 Å². The van der Waals surface area contributed by atoms with Gasteiger partial charge in [-0.1, -0.05) is 6.07 Å². The van der Waals surface area contributed by atoms with Crippen LogP contribution in [0.25, 0.3) is 0 Å². The fraction of sp³-hybridized carbons (Fsp3) is 0.227. The Morgan fingerprint density at radius 1 is 1.00 bits per heavy atom. The molecular formula is C22H20N2O6S. The summed E-state index contributed by atoms with van der Waals surface area (Å²) < 4.78 is 5.10. The van der Waals surface area contributed by atoms with Gasteiger partial charge in [-0.2, -0.15) is 0 Å². The quantitative estimate of drug-likeness (QED) is 0.305. The van der Waals surface area contributed by atoms with Crippen molar-refractivity contribution in [3.05, 3.63) is 53.6 Å². The zero-order valence-corrected chi connectivity index (χ0v) is 17.8. The highest BCUT2D eigenvalue weighted by molar-refractivity contribution is 7.98. The highest BCUT2D eigenvalue weighted by Crippen LogP contribution is 2.27. The number of ether oxygens (including phenoxy) is 1. The molecule has 1 N–H and O–H groups in total. The average molecular weight is 440 g/mol. The Hall–Kier alpha value is -3.46. The number of Topliss-reactive ketones (excluding diaryl/α,β-unsaturated/α-hetero) is 1. The minimum Gasteiger partial charge on any atom is -0.454 e. The molecule has 0 bridgehead atoms. The number of carbonyl (C=O) groups is 5. The molecule has 0 aliphatic carbocycles. The van der Waals surface area contributed by atoms with Gasteiger partial charge in [0.25, 0.3) is 0 Å². The molecule has 0 saturated carbocycles. The van der Waals surface area contributed by atoms with E-state index in [0.717, 1.165) is 9.80 Å². The molecule has 160 valence electrons. The normalized spacial score (nSPS) is 13.3. The van der Waals surface area contributed by atoms with Gasteiger partial charge in [0.2, 0.25) is 17.7 Å². The molecule has 2 aromatic carbocycles. The SMILES string of the molecule is CSc1ccc(C(=O)COC(=O)c2ccc(N3C(=O)CCC3=O)cc2)cc1NC(C)=O. The number of thioether (sulfide) groups is 1. The van der Waals surface area contributed by atoms with Crippen LogP contribution >= 0.6 is 11.8 Å². The summed E-state index contributed by atoms with van der Waals surface area (Å²) in [5, 5.41) is 2.67. The molecule has 0 radical (unpaired) electrons. The Labute approximate surface area is 182 Å².